The summed E-state index contributed by atoms with van der Waals surface area (Å²) in [5.74, 6) is -1.67. The molecule has 128 valence electrons. The minimum atomic E-state index is -0.994. The monoisotopic (exact) mass is 375 g/mol. The summed E-state index contributed by atoms with van der Waals surface area (Å²) >= 11 is 7.15. The van der Waals surface area contributed by atoms with Gasteiger partial charge in [-0.2, -0.15) is 0 Å². The fourth-order valence-corrected chi connectivity index (χ4v) is 3.77. The van der Waals surface area contributed by atoms with Gasteiger partial charge in [0.15, 0.2) is 0 Å². The van der Waals surface area contributed by atoms with Crippen molar-refractivity contribution in [3.05, 3.63) is 70.5 Å². The van der Waals surface area contributed by atoms with E-state index in [4.69, 9.17) is 16.0 Å². The Kier molecular flexibility index (Phi) is 5.31. The first kappa shape index (κ1) is 17.4. The van der Waals surface area contributed by atoms with Gasteiger partial charge in [-0.15, -0.1) is 11.8 Å². The first-order valence-electron chi connectivity index (χ1n) is 7.41. The number of carboxylic acids is 1. The number of aliphatic carboxylic acids is 1. The van der Waals surface area contributed by atoms with Gasteiger partial charge >= 0.3 is 5.97 Å². The Balaban J connectivity index is 1.71. The number of nitrogens with one attached hydrogen (secondary N) is 1. The highest BCUT2D eigenvalue weighted by molar-refractivity contribution is 8.03. The molecule has 0 fully saturated rings. The van der Waals surface area contributed by atoms with E-state index in [1.54, 1.807) is 41.8 Å². The minimum Gasteiger partial charge on any atom is -0.481 e. The van der Waals surface area contributed by atoms with E-state index in [1.165, 1.54) is 30.2 Å². The zero-order valence-corrected chi connectivity index (χ0v) is 14.5. The van der Waals surface area contributed by atoms with E-state index in [1.807, 2.05) is 0 Å². The number of furan rings is 1. The molecular formula is C18H14ClNO4S. The first-order chi connectivity index (χ1) is 12.0. The maximum atomic E-state index is 12.1. The molecule has 0 bridgehead atoms. The largest absolute Gasteiger partial charge is 0.481 e. The van der Waals surface area contributed by atoms with Gasteiger partial charge in [0.25, 0.3) is 0 Å². The molecule has 2 heterocycles. The van der Waals surface area contributed by atoms with Gasteiger partial charge in [-0.25, -0.2) is 0 Å². The molecule has 0 saturated heterocycles. The second kappa shape index (κ2) is 7.63. The number of halogens is 1. The van der Waals surface area contributed by atoms with Crippen LogP contribution in [-0.2, 0) is 9.59 Å². The van der Waals surface area contributed by atoms with Crippen molar-refractivity contribution in [1.82, 2.24) is 5.32 Å². The zero-order chi connectivity index (χ0) is 17.8. The summed E-state index contributed by atoms with van der Waals surface area (Å²) in [6.45, 7) is 0. The number of thioether (sulfide) groups is 1. The third-order valence-corrected chi connectivity index (χ3v) is 4.97. The summed E-state index contributed by atoms with van der Waals surface area (Å²) in [6, 6.07) is 10.4. The van der Waals surface area contributed by atoms with Crippen LogP contribution in [0.5, 0.6) is 0 Å². The average molecular weight is 376 g/mol. The standard InChI is InChI=1S/C18H14ClNO4S/c19-12-5-3-11(4-6-12)14-10-25-17(16(14)18(22)23)20-15(21)8-7-13-2-1-9-24-13/h1-10,16-17H,(H,20,21)(H,22,23)/b8-7+. The van der Waals surface area contributed by atoms with Crippen LogP contribution in [0.3, 0.4) is 0 Å². The lowest BCUT2D eigenvalue weighted by atomic mass is 9.94. The maximum Gasteiger partial charge on any atom is 0.314 e. The molecule has 0 radical (unpaired) electrons. The van der Waals surface area contributed by atoms with Crippen LogP contribution in [0.15, 0.2) is 58.6 Å². The van der Waals surface area contributed by atoms with E-state index >= 15 is 0 Å². The molecular weight excluding hydrogens is 362 g/mol. The molecule has 1 aliphatic heterocycles. The zero-order valence-electron chi connectivity index (χ0n) is 12.9. The maximum absolute atomic E-state index is 12.1. The molecule has 0 aliphatic carbocycles. The Bertz CT molecular complexity index is 827. The van der Waals surface area contributed by atoms with Crippen LogP contribution in [0.1, 0.15) is 11.3 Å². The number of carbonyl (C=O) groups excluding carboxylic acids is 1. The highest BCUT2D eigenvalue weighted by atomic mass is 35.5. The fraction of sp³-hybridized carbons (Fsp3) is 0.111. The van der Waals surface area contributed by atoms with Crippen molar-refractivity contribution < 1.29 is 19.1 Å². The molecule has 2 aromatic rings. The lowest BCUT2D eigenvalue weighted by Gasteiger charge is -2.19. The van der Waals surface area contributed by atoms with E-state index in [0.29, 0.717) is 16.4 Å². The van der Waals surface area contributed by atoms with Crippen LogP contribution in [0.4, 0.5) is 0 Å². The molecule has 25 heavy (non-hydrogen) atoms. The first-order valence-corrected chi connectivity index (χ1v) is 8.73. The predicted octanol–water partition coefficient (Wildman–Crippen LogP) is 3.88. The van der Waals surface area contributed by atoms with E-state index < -0.39 is 17.3 Å². The third kappa shape index (κ3) is 4.15. The number of amides is 1. The molecule has 2 N–H and O–H groups in total. The van der Waals surface area contributed by atoms with Gasteiger partial charge in [-0.3, -0.25) is 9.59 Å². The van der Waals surface area contributed by atoms with Gasteiger partial charge in [0.2, 0.25) is 5.91 Å². The highest BCUT2D eigenvalue weighted by Crippen LogP contribution is 2.40. The van der Waals surface area contributed by atoms with Crippen LogP contribution < -0.4 is 5.32 Å². The summed E-state index contributed by atoms with van der Waals surface area (Å²) < 4.78 is 5.11. The van der Waals surface area contributed by atoms with Crippen molar-refractivity contribution in [3.63, 3.8) is 0 Å². The summed E-state index contributed by atoms with van der Waals surface area (Å²) in [7, 11) is 0. The van der Waals surface area contributed by atoms with E-state index in [2.05, 4.69) is 5.32 Å². The molecule has 7 heteroatoms. The van der Waals surface area contributed by atoms with E-state index in [-0.39, 0.29) is 5.91 Å². The Morgan fingerprint density at radius 1 is 1.24 bits per heavy atom. The Hall–Kier alpha value is -2.44. The smallest absolute Gasteiger partial charge is 0.314 e. The Morgan fingerprint density at radius 2 is 2.00 bits per heavy atom. The van der Waals surface area contributed by atoms with Gasteiger partial charge in [0, 0.05) is 11.1 Å². The predicted molar refractivity (Wildman–Crippen MR) is 97.8 cm³/mol. The normalized spacial score (nSPS) is 19.8. The van der Waals surface area contributed by atoms with Gasteiger partial charge in [-0.05, 0) is 46.9 Å². The fourth-order valence-electron chi connectivity index (χ4n) is 2.46. The number of carbonyl (C=O) groups is 2. The van der Waals surface area contributed by atoms with Crippen molar-refractivity contribution >= 4 is 46.9 Å². The van der Waals surface area contributed by atoms with Crippen molar-refractivity contribution in [2.75, 3.05) is 0 Å². The van der Waals surface area contributed by atoms with Gasteiger partial charge in [-0.1, -0.05) is 23.7 Å². The van der Waals surface area contributed by atoms with Crippen molar-refractivity contribution in [1.29, 1.82) is 0 Å². The molecule has 2 atom stereocenters. The van der Waals surface area contributed by atoms with Crippen molar-refractivity contribution in [2.24, 2.45) is 5.92 Å². The Morgan fingerprint density at radius 3 is 2.64 bits per heavy atom. The van der Waals surface area contributed by atoms with E-state index in [0.717, 1.165) is 5.56 Å². The summed E-state index contributed by atoms with van der Waals surface area (Å²) in [5, 5.41) is 14.1. The van der Waals surface area contributed by atoms with Gasteiger partial charge in [0.05, 0.1) is 11.6 Å². The van der Waals surface area contributed by atoms with Crippen LogP contribution in [-0.4, -0.2) is 22.4 Å². The molecule has 1 amide bonds. The second-order valence-corrected chi connectivity index (χ2v) is 6.76. The number of hydrogen-bond donors (Lipinski definition) is 2. The summed E-state index contributed by atoms with van der Waals surface area (Å²) in [4.78, 5) is 23.8. The number of hydrogen-bond acceptors (Lipinski definition) is 4. The van der Waals surface area contributed by atoms with Crippen molar-refractivity contribution in [2.45, 2.75) is 5.37 Å². The second-order valence-electron chi connectivity index (χ2n) is 5.31. The molecule has 0 saturated carbocycles. The van der Waals surface area contributed by atoms with Crippen LogP contribution in [0, 0.1) is 5.92 Å². The van der Waals surface area contributed by atoms with E-state index in [9.17, 15) is 14.7 Å². The molecule has 5 nitrogen and oxygen atoms in total. The molecule has 0 spiro atoms. The molecule has 1 aromatic carbocycles. The quantitative estimate of drug-likeness (QED) is 0.775. The van der Waals surface area contributed by atoms with Crippen LogP contribution in [0.2, 0.25) is 5.02 Å². The lowest BCUT2D eigenvalue weighted by Crippen LogP contribution is -2.38. The number of rotatable bonds is 5. The lowest BCUT2D eigenvalue weighted by molar-refractivity contribution is -0.139. The highest BCUT2D eigenvalue weighted by Gasteiger charge is 2.37. The minimum absolute atomic E-state index is 0.383. The molecule has 1 aromatic heterocycles. The van der Waals surface area contributed by atoms with Gasteiger partial charge in [0.1, 0.15) is 11.7 Å². The molecule has 1 aliphatic rings. The average Bonchev–Trinajstić information content (AvgIpc) is 3.23. The van der Waals surface area contributed by atoms with Crippen LogP contribution >= 0.6 is 23.4 Å². The molecule has 3 rings (SSSR count). The summed E-state index contributed by atoms with van der Waals surface area (Å²) in [5.41, 5.74) is 1.42. The Labute approximate surface area is 153 Å². The number of benzene rings is 1. The number of carboxylic acid groups (broad SMARTS) is 1. The topological polar surface area (TPSA) is 79.5 Å². The third-order valence-electron chi connectivity index (χ3n) is 3.65. The summed E-state index contributed by atoms with van der Waals surface area (Å²) in [6.07, 6.45) is 4.35. The van der Waals surface area contributed by atoms with Crippen molar-refractivity contribution in [3.8, 4) is 0 Å². The molecule has 2 unspecified atom stereocenters. The SMILES string of the molecule is O=C(/C=C/c1ccco1)NC1SC=C(c2ccc(Cl)cc2)C1C(=O)O. The van der Waals surface area contributed by atoms with Crippen LogP contribution in [0.25, 0.3) is 11.6 Å². The van der Waals surface area contributed by atoms with Gasteiger partial charge < -0.3 is 14.8 Å².